The predicted octanol–water partition coefficient (Wildman–Crippen LogP) is 1.74. The number of aromatic nitrogens is 3. The van der Waals surface area contributed by atoms with Crippen LogP contribution in [0.25, 0.3) is 0 Å². The highest BCUT2D eigenvalue weighted by Gasteiger charge is 2.01. The van der Waals surface area contributed by atoms with E-state index < -0.39 is 0 Å². The van der Waals surface area contributed by atoms with E-state index in [0.29, 0.717) is 0 Å². The minimum atomic E-state index is 0.717. The number of nitrogens with zero attached hydrogens (tertiary/aromatic N) is 3. The van der Waals surface area contributed by atoms with Crippen molar-refractivity contribution >= 4 is 16.5 Å². The van der Waals surface area contributed by atoms with Crippen LogP contribution in [0.5, 0.6) is 0 Å². The largest absolute Gasteiger partial charge is 0.361 e. The van der Waals surface area contributed by atoms with Crippen molar-refractivity contribution in [3.8, 4) is 0 Å². The van der Waals surface area contributed by atoms with Gasteiger partial charge in [-0.15, -0.1) is 11.3 Å². The Morgan fingerprint density at radius 1 is 1.53 bits per heavy atom. The van der Waals surface area contributed by atoms with Gasteiger partial charge in [0.05, 0.1) is 5.69 Å². The number of rotatable bonds is 5. The summed E-state index contributed by atoms with van der Waals surface area (Å²) in [6.07, 6.45) is 3.06. The maximum atomic E-state index is 4.64. The van der Waals surface area contributed by atoms with E-state index in [0.717, 1.165) is 36.0 Å². The quantitative estimate of drug-likeness (QED) is 0.838. The van der Waals surface area contributed by atoms with E-state index in [-0.39, 0.29) is 0 Å². The van der Waals surface area contributed by atoms with Gasteiger partial charge in [-0.1, -0.05) is 12.1 Å². The van der Waals surface area contributed by atoms with E-state index >= 15 is 0 Å². The monoisotopic (exact) mass is 224 g/mol. The zero-order valence-electron chi connectivity index (χ0n) is 8.43. The highest BCUT2D eigenvalue weighted by Crippen LogP contribution is 2.15. The van der Waals surface area contributed by atoms with E-state index in [1.807, 2.05) is 0 Å². The van der Waals surface area contributed by atoms with Gasteiger partial charge in [-0.3, -0.25) is 0 Å². The van der Waals surface area contributed by atoms with Gasteiger partial charge < -0.3 is 9.84 Å². The molecular formula is C9H12N4OS. The Kier molecular flexibility index (Phi) is 3.29. The van der Waals surface area contributed by atoms with Crippen molar-refractivity contribution in [2.24, 2.45) is 0 Å². The fourth-order valence-electron chi connectivity index (χ4n) is 1.13. The summed E-state index contributed by atoms with van der Waals surface area (Å²) in [5.41, 5.74) is 1.13. The van der Waals surface area contributed by atoms with Crippen LogP contribution in [0.2, 0.25) is 0 Å². The van der Waals surface area contributed by atoms with E-state index in [4.69, 9.17) is 0 Å². The molecule has 6 heteroatoms. The fourth-order valence-corrected chi connectivity index (χ4v) is 1.96. The molecule has 0 fully saturated rings. The summed E-state index contributed by atoms with van der Waals surface area (Å²) in [6, 6.07) is 0. The second-order valence-corrected chi connectivity index (χ2v) is 3.88. The molecule has 0 amide bonds. The summed E-state index contributed by atoms with van der Waals surface area (Å²) in [6.45, 7) is 2.87. The van der Waals surface area contributed by atoms with Gasteiger partial charge >= 0.3 is 0 Å². The standard InChI is InChI=1S/C9H12N4OS/c1-2-7-5-15-9(12-7)10-4-3-8-11-6-14-13-8/h5-6H,2-4H2,1H3,(H,10,12). The Labute approximate surface area is 91.5 Å². The number of thiazole rings is 1. The molecule has 0 atom stereocenters. The van der Waals surface area contributed by atoms with Gasteiger partial charge in [0.25, 0.3) is 0 Å². The third-order valence-corrected chi connectivity index (χ3v) is 2.79. The molecule has 15 heavy (non-hydrogen) atoms. The smallest absolute Gasteiger partial charge is 0.213 e. The first-order valence-corrected chi connectivity index (χ1v) is 5.70. The van der Waals surface area contributed by atoms with Gasteiger partial charge in [0, 0.05) is 18.3 Å². The summed E-state index contributed by atoms with van der Waals surface area (Å²) in [7, 11) is 0. The maximum absolute atomic E-state index is 4.64. The van der Waals surface area contributed by atoms with Gasteiger partial charge in [-0.05, 0) is 6.42 Å². The van der Waals surface area contributed by atoms with E-state index in [2.05, 4.69) is 37.3 Å². The molecule has 0 aliphatic carbocycles. The Morgan fingerprint density at radius 2 is 2.47 bits per heavy atom. The van der Waals surface area contributed by atoms with E-state index in [9.17, 15) is 0 Å². The summed E-state index contributed by atoms with van der Waals surface area (Å²) >= 11 is 1.62. The summed E-state index contributed by atoms with van der Waals surface area (Å²) < 4.78 is 4.64. The van der Waals surface area contributed by atoms with Crippen molar-refractivity contribution < 1.29 is 4.52 Å². The van der Waals surface area contributed by atoms with Crippen molar-refractivity contribution in [2.75, 3.05) is 11.9 Å². The lowest BCUT2D eigenvalue weighted by molar-refractivity contribution is 0.410. The average Bonchev–Trinajstić information content (AvgIpc) is 2.88. The Hall–Kier alpha value is -1.43. The highest BCUT2D eigenvalue weighted by molar-refractivity contribution is 7.13. The number of hydrogen-bond acceptors (Lipinski definition) is 6. The molecule has 2 aromatic heterocycles. The number of anilines is 1. The molecule has 2 aromatic rings. The molecule has 2 rings (SSSR count). The molecule has 0 unspecified atom stereocenters. The van der Waals surface area contributed by atoms with Crippen molar-refractivity contribution in [3.05, 3.63) is 23.3 Å². The lowest BCUT2D eigenvalue weighted by atomic mass is 10.4. The highest BCUT2D eigenvalue weighted by atomic mass is 32.1. The second-order valence-electron chi connectivity index (χ2n) is 3.02. The average molecular weight is 224 g/mol. The van der Waals surface area contributed by atoms with E-state index in [1.54, 1.807) is 11.3 Å². The number of nitrogens with one attached hydrogen (secondary N) is 1. The number of hydrogen-bond donors (Lipinski definition) is 1. The maximum Gasteiger partial charge on any atom is 0.213 e. The van der Waals surface area contributed by atoms with Gasteiger partial charge in [0.15, 0.2) is 11.0 Å². The molecule has 0 bridgehead atoms. The molecule has 0 aliphatic rings. The van der Waals surface area contributed by atoms with Crippen LogP contribution in [-0.4, -0.2) is 21.7 Å². The molecule has 0 saturated heterocycles. The molecule has 2 heterocycles. The molecular weight excluding hydrogens is 212 g/mol. The lowest BCUT2D eigenvalue weighted by Gasteiger charge is -1.98. The molecule has 1 N–H and O–H groups in total. The van der Waals surface area contributed by atoms with Crippen LogP contribution < -0.4 is 5.32 Å². The first-order valence-electron chi connectivity index (χ1n) is 4.82. The molecule has 0 aliphatic heterocycles. The second kappa shape index (κ2) is 4.88. The molecule has 0 saturated carbocycles. The molecule has 80 valence electrons. The summed E-state index contributed by atoms with van der Waals surface area (Å²) in [5, 5.41) is 9.97. The third kappa shape index (κ3) is 2.76. The summed E-state index contributed by atoms with van der Waals surface area (Å²) in [4.78, 5) is 8.32. The van der Waals surface area contributed by atoms with Crippen molar-refractivity contribution in [2.45, 2.75) is 19.8 Å². The minimum Gasteiger partial charge on any atom is -0.361 e. The van der Waals surface area contributed by atoms with Crippen molar-refractivity contribution in [3.63, 3.8) is 0 Å². The van der Waals surface area contributed by atoms with Gasteiger partial charge in [0.1, 0.15) is 0 Å². The minimum absolute atomic E-state index is 0.717. The molecule has 0 aromatic carbocycles. The Balaban J connectivity index is 1.78. The normalized spacial score (nSPS) is 10.5. The first kappa shape index (κ1) is 10.1. The van der Waals surface area contributed by atoms with Crippen LogP contribution in [0.4, 0.5) is 5.13 Å². The van der Waals surface area contributed by atoms with Crippen LogP contribution in [0.15, 0.2) is 16.3 Å². The molecule has 0 spiro atoms. The van der Waals surface area contributed by atoms with Gasteiger partial charge in [-0.2, -0.15) is 4.98 Å². The predicted molar refractivity (Wildman–Crippen MR) is 58.0 cm³/mol. The molecule has 5 nitrogen and oxygen atoms in total. The Bertz CT molecular complexity index is 398. The third-order valence-electron chi connectivity index (χ3n) is 1.95. The van der Waals surface area contributed by atoms with Crippen LogP contribution >= 0.6 is 11.3 Å². The van der Waals surface area contributed by atoms with Crippen molar-refractivity contribution in [1.82, 2.24) is 15.1 Å². The Morgan fingerprint density at radius 3 is 3.13 bits per heavy atom. The van der Waals surface area contributed by atoms with Crippen LogP contribution in [0.3, 0.4) is 0 Å². The SMILES string of the molecule is CCc1csc(NCCc2ncon2)n1. The summed E-state index contributed by atoms with van der Waals surface area (Å²) in [5.74, 6) is 0.717. The number of aryl methyl sites for hydroxylation is 1. The zero-order valence-corrected chi connectivity index (χ0v) is 9.25. The van der Waals surface area contributed by atoms with Crippen LogP contribution in [0.1, 0.15) is 18.4 Å². The van der Waals surface area contributed by atoms with Crippen LogP contribution in [0, 0.1) is 0 Å². The zero-order chi connectivity index (χ0) is 10.5. The fraction of sp³-hybridized carbons (Fsp3) is 0.444. The van der Waals surface area contributed by atoms with E-state index in [1.165, 1.54) is 6.39 Å². The van der Waals surface area contributed by atoms with Crippen molar-refractivity contribution in [1.29, 1.82) is 0 Å². The van der Waals surface area contributed by atoms with Gasteiger partial charge in [0.2, 0.25) is 6.39 Å². The first-order chi connectivity index (χ1) is 7.38. The van der Waals surface area contributed by atoms with Gasteiger partial charge in [-0.25, -0.2) is 4.98 Å². The lowest BCUT2D eigenvalue weighted by Crippen LogP contribution is -2.05. The van der Waals surface area contributed by atoms with Crippen LogP contribution in [-0.2, 0) is 12.8 Å². The topological polar surface area (TPSA) is 63.8 Å². The molecule has 0 radical (unpaired) electrons.